The fourth-order valence-corrected chi connectivity index (χ4v) is 3.10. The zero-order valence-electron chi connectivity index (χ0n) is 15.1. The van der Waals surface area contributed by atoms with E-state index in [1.165, 1.54) is 0 Å². The highest BCUT2D eigenvalue weighted by Crippen LogP contribution is 2.23. The standard InChI is InChI=1S/C15H29N2O6P/c1-7-16(10(6)15(21)24-23)11(8(2)3)13(18)17(22)12(9(4)5)14(19)20/h8-12,15,21-22H,7H2,1-6H3,(H,19,20). The molecule has 1 amide bonds. The zero-order valence-corrected chi connectivity index (χ0v) is 16.0. The van der Waals surface area contributed by atoms with E-state index in [2.05, 4.69) is 0 Å². The molecule has 0 aromatic heterocycles. The van der Waals surface area contributed by atoms with E-state index in [9.17, 15) is 29.6 Å². The third-order valence-electron chi connectivity index (χ3n) is 4.04. The minimum Gasteiger partial charge on any atom is -0.480 e. The second-order valence-electron chi connectivity index (χ2n) is 6.49. The molecule has 4 unspecified atom stereocenters. The van der Waals surface area contributed by atoms with Gasteiger partial charge in [-0.15, -0.1) is 0 Å². The van der Waals surface area contributed by atoms with E-state index < -0.39 is 50.2 Å². The number of nitrogens with zero attached hydrogens (tertiary/aromatic N) is 2. The summed E-state index contributed by atoms with van der Waals surface area (Å²) in [4.78, 5) is 25.7. The minimum absolute atomic E-state index is 0.258. The van der Waals surface area contributed by atoms with E-state index in [1.807, 2.05) is 0 Å². The summed E-state index contributed by atoms with van der Waals surface area (Å²) in [6.45, 7) is 10.5. The summed E-state index contributed by atoms with van der Waals surface area (Å²) in [5.41, 5.74) is 0. The molecule has 0 heterocycles. The lowest BCUT2D eigenvalue weighted by Gasteiger charge is -2.39. The van der Waals surface area contributed by atoms with Gasteiger partial charge in [0.1, 0.15) is 5.85 Å². The topological polar surface area (TPSA) is 118 Å². The molecule has 0 saturated heterocycles. The van der Waals surface area contributed by atoms with Crippen molar-refractivity contribution in [1.82, 2.24) is 9.96 Å². The van der Waals surface area contributed by atoms with E-state index in [0.717, 1.165) is 0 Å². The second-order valence-corrected chi connectivity index (χ2v) is 7.23. The molecule has 0 bridgehead atoms. The van der Waals surface area contributed by atoms with Gasteiger partial charge < -0.3 is 10.2 Å². The summed E-state index contributed by atoms with van der Waals surface area (Å²) < 4.78 is 10.9. The lowest BCUT2D eigenvalue weighted by atomic mass is 9.97. The minimum atomic E-state index is -1.37. The first-order valence-corrected chi connectivity index (χ1v) is 8.90. The van der Waals surface area contributed by atoms with Crippen LogP contribution in [0.15, 0.2) is 0 Å². The van der Waals surface area contributed by atoms with E-state index >= 15 is 0 Å². The van der Waals surface area contributed by atoms with Gasteiger partial charge in [0.2, 0.25) is 0 Å². The number of likely N-dealkylation sites (N-methyl/N-ethyl adjacent to an activating group) is 1. The fraction of sp³-hybridized carbons (Fsp3) is 0.867. The number of carboxylic acids is 1. The average molecular weight is 364 g/mol. The Morgan fingerprint density at radius 1 is 1.04 bits per heavy atom. The molecule has 8 nitrogen and oxygen atoms in total. The van der Waals surface area contributed by atoms with Crippen LogP contribution in [0.3, 0.4) is 0 Å². The first kappa shape index (κ1) is 22.9. The summed E-state index contributed by atoms with van der Waals surface area (Å²) in [5, 5.41) is 29.6. The number of hydrogen-bond donors (Lipinski definition) is 3. The quantitative estimate of drug-likeness (QED) is 0.306. The normalized spacial score (nSPS) is 17.1. The number of hydroxylamine groups is 2. The molecule has 0 radical (unpaired) electrons. The Balaban J connectivity index is 5.67. The van der Waals surface area contributed by atoms with Gasteiger partial charge >= 0.3 is 5.97 Å². The Hall–Kier alpha value is -1.08. The maximum atomic E-state index is 12.8. The number of carboxylic acid groups (broad SMARTS) is 1. The highest BCUT2D eigenvalue weighted by molar-refractivity contribution is 7.24. The van der Waals surface area contributed by atoms with Crippen molar-refractivity contribution < 1.29 is 29.6 Å². The molecule has 0 aromatic carbocycles. The monoisotopic (exact) mass is 364 g/mol. The van der Waals surface area contributed by atoms with Gasteiger partial charge in [0.25, 0.3) is 5.91 Å². The number of amides is 1. The number of carbonyl (C=O) groups excluding carboxylic acids is 1. The van der Waals surface area contributed by atoms with Gasteiger partial charge in [-0.1, -0.05) is 34.6 Å². The van der Waals surface area contributed by atoms with Crippen LogP contribution in [0.25, 0.3) is 0 Å². The molecule has 140 valence electrons. The molecule has 0 aliphatic rings. The molecular formula is C15H29N2O6P. The average Bonchev–Trinajstić information content (AvgIpc) is 2.48. The number of aliphatic carboxylic acids is 1. The predicted molar refractivity (Wildman–Crippen MR) is 89.0 cm³/mol. The van der Waals surface area contributed by atoms with Crippen molar-refractivity contribution >= 4 is 20.3 Å². The molecule has 0 rings (SSSR count). The van der Waals surface area contributed by atoms with Crippen molar-refractivity contribution in [2.45, 2.75) is 65.5 Å². The maximum Gasteiger partial charge on any atom is 0.329 e. The molecule has 0 saturated carbocycles. The van der Waals surface area contributed by atoms with Crippen molar-refractivity contribution in [3.8, 4) is 0 Å². The molecule has 0 aliphatic carbocycles. The van der Waals surface area contributed by atoms with Gasteiger partial charge in [0.05, 0.1) is 6.04 Å². The molecule has 9 heteroatoms. The summed E-state index contributed by atoms with van der Waals surface area (Å²) in [6, 6.07) is -2.83. The van der Waals surface area contributed by atoms with Crippen LogP contribution in [0.2, 0.25) is 0 Å². The molecule has 0 aromatic rings. The van der Waals surface area contributed by atoms with Crippen molar-refractivity contribution in [1.29, 1.82) is 0 Å². The Bertz CT molecular complexity index is 446. The van der Waals surface area contributed by atoms with Crippen LogP contribution in [0.4, 0.5) is 0 Å². The van der Waals surface area contributed by atoms with Gasteiger partial charge in [-0.3, -0.25) is 19.5 Å². The molecule has 0 spiro atoms. The number of aliphatic hydroxyl groups is 1. The molecule has 0 fully saturated rings. The first-order valence-electron chi connectivity index (χ1n) is 8.02. The largest absolute Gasteiger partial charge is 0.480 e. The summed E-state index contributed by atoms with van der Waals surface area (Å²) >= 11 is 0. The summed E-state index contributed by atoms with van der Waals surface area (Å²) in [6.07, 6.45) is 0. The summed E-state index contributed by atoms with van der Waals surface area (Å²) in [7, 11) is -0.462. The van der Waals surface area contributed by atoms with Crippen LogP contribution in [0.1, 0.15) is 41.5 Å². The highest BCUT2D eigenvalue weighted by atomic mass is 31.1. The Morgan fingerprint density at radius 3 is 1.79 bits per heavy atom. The third kappa shape index (κ3) is 5.48. The van der Waals surface area contributed by atoms with Crippen molar-refractivity contribution in [3.05, 3.63) is 0 Å². The zero-order chi connectivity index (χ0) is 19.2. The summed E-state index contributed by atoms with van der Waals surface area (Å²) in [5.74, 6) is -3.98. The van der Waals surface area contributed by atoms with Crippen LogP contribution in [0, 0.1) is 11.8 Å². The fourth-order valence-electron chi connectivity index (χ4n) is 2.75. The first-order chi connectivity index (χ1) is 11.0. The maximum absolute atomic E-state index is 12.8. The van der Waals surface area contributed by atoms with Gasteiger partial charge in [0.15, 0.2) is 14.5 Å². The van der Waals surface area contributed by atoms with Crippen molar-refractivity contribution in [3.63, 3.8) is 0 Å². The Morgan fingerprint density at radius 2 is 1.50 bits per heavy atom. The Kier molecular flexibility index (Phi) is 9.58. The molecule has 4 atom stereocenters. The predicted octanol–water partition coefficient (Wildman–Crippen LogP) is 1.66. The van der Waals surface area contributed by atoms with Crippen LogP contribution >= 0.6 is 8.46 Å². The van der Waals surface area contributed by atoms with E-state index in [-0.39, 0.29) is 11.0 Å². The van der Waals surface area contributed by atoms with Crippen LogP contribution in [0.5, 0.6) is 0 Å². The van der Waals surface area contributed by atoms with Crippen molar-refractivity contribution in [2.75, 3.05) is 6.54 Å². The van der Waals surface area contributed by atoms with E-state index in [1.54, 1.807) is 46.4 Å². The smallest absolute Gasteiger partial charge is 0.329 e. The molecule has 24 heavy (non-hydrogen) atoms. The van der Waals surface area contributed by atoms with Gasteiger partial charge in [-0.25, -0.2) is 9.86 Å². The van der Waals surface area contributed by atoms with Crippen molar-refractivity contribution in [2.24, 2.45) is 11.8 Å². The lowest BCUT2D eigenvalue weighted by molar-refractivity contribution is -0.196. The van der Waals surface area contributed by atoms with Gasteiger partial charge in [0, 0.05) is 6.04 Å². The van der Waals surface area contributed by atoms with Gasteiger partial charge in [-0.05, 0) is 25.3 Å². The Labute approximate surface area is 144 Å². The van der Waals surface area contributed by atoms with E-state index in [4.69, 9.17) is 0 Å². The lowest BCUT2D eigenvalue weighted by Crippen LogP contribution is -2.58. The molecule has 0 aliphatic heterocycles. The van der Waals surface area contributed by atoms with Crippen LogP contribution < -0.4 is 0 Å². The number of hydrogen-bond acceptors (Lipinski definition) is 6. The van der Waals surface area contributed by atoms with Crippen LogP contribution in [-0.2, 0) is 14.2 Å². The number of aliphatic hydroxyl groups excluding tert-OH is 1. The highest BCUT2D eigenvalue weighted by Gasteiger charge is 2.40. The SMILES string of the molecule is CCN(C(C)C(O)P=O)C(C(=O)N(O)C(C(=O)O)C(C)C)C(C)C. The van der Waals surface area contributed by atoms with Gasteiger partial charge in [-0.2, -0.15) is 0 Å². The number of rotatable bonds is 10. The molecule has 3 N–H and O–H groups in total. The third-order valence-corrected chi connectivity index (χ3v) is 4.69. The van der Waals surface area contributed by atoms with E-state index in [0.29, 0.717) is 6.54 Å². The second kappa shape index (κ2) is 10.0. The molecular weight excluding hydrogens is 335 g/mol. The van der Waals surface area contributed by atoms with Crippen LogP contribution in [-0.4, -0.2) is 67.8 Å². The number of carbonyl (C=O) groups is 2.